The van der Waals surface area contributed by atoms with Crippen LogP contribution in [0.15, 0.2) is 59.5 Å². The molecule has 0 aliphatic heterocycles. The topological polar surface area (TPSA) is 94.2 Å². The Hall–Kier alpha value is -2.35. The summed E-state index contributed by atoms with van der Waals surface area (Å²) in [6.07, 6.45) is 0.519. The van der Waals surface area contributed by atoms with E-state index >= 15 is 0 Å². The fourth-order valence-electron chi connectivity index (χ4n) is 2.70. The predicted molar refractivity (Wildman–Crippen MR) is 97.0 cm³/mol. The van der Waals surface area contributed by atoms with Crippen molar-refractivity contribution in [1.29, 1.82) is 0 Å². The number of nitrogens with one attached hydrogen (secondary N) is 1. The van der Waals surface area contributed by atoms with Gasteiger partial charge in [0.1, 0.15) is 10.6 Å². The number of fused-ring (bicyclic) bond motifs is 1. The van der Waals surface area contributed by atoms with E-state index in [1.54, 1.807) is 24.3 Å². The number of sulfonamides is 1. The highest BCUT2D eigenvalue weighted by atomic mass is 35.5. The summed E-state index contributed by atoms with van der Waals surface area (Å²) in [5, 5.41) is 0.346. The first-order valence-corrected chi connectivity index (χ1v) is 9.37. The summed E-state index contributed by atoms with van der Waals surface area (Å²) < 4.78 is 29.1. The van der Waals surface area contributed by atoms with Crippen LogP contribution in [0.2, 0.25) is 0 Å². The molecule has 8 heteroatoms. The van der Waals surface area contributed by atoms with Gasteiger partial charge in [0.05, 0.1) is 5.52 Å². The van der Waals surface area contributed by atoms with E-state index in [1.165, 1.54) is 0 Å². The summed E-state index contributed by atoms with van der Waals surface area (Å²) in [5.41, 5.74) is 6.51. The molecule has 0 fully saturated rings. The number of carbonyl (C=O) groups excluding carboxylic acids is 1. The van der Waals surface area contributed by atoms with Crippen LogP contribution < -0.4 is 10.5 Å². The van der Waals surface area contributed by atoms with E-state index in [9.17, 15) is 13.2 Å². The van der Waals surface area contributed by atoms with Crippen LogP contribution in [-0.4, -0.2) is 25.0 Å². The normalized spacial score (nSPS) is 11.7. The van der Waals surface area contributed by atoms with Gasteiger partial charge in [0.15, 0.2) is 0 Å². The average Bonchev–Trinajstić information content (AvgIpc) is 2.90. The molecule has 0 aliphatic carbocycles. The largest absolute Gasteiger partial charge is 0.364 e. The Morgan fingerprint density at radius 1 is 1.08 bits per heavy atom. The summed E-state index contributed by atoms with van der Waals surface area (Å²) in [7, 11) is -3.97. The van der Waals surface area contributed by atoms with E-state index in [4.69, 9.17) is 17.5 Å². The van der Waals surface area contributed by atoms with Gasteiger partial charge in [-0.2, -0.15) is 0 Å². The monoisotopic (exact) mass is 377 g/mol. The first-order valence-electron chi connectivity index (χ1n) is 7.55. The van der Waals surface area contributed by atoms with E-state index in [-0.39, 0.29) is 17.1 Å². The number of nitrogens with zero attached hydrogens (tertiary/aromatic N) is 1. The Bertz CT molecular complexity index is 1030. The number of para-hydroxylation sites is 1. The smallest absolute Gasteiger partial charge is 0.268 e. The molecule has 25 heavy (non-hydrogen) atoms. The number of aromatic nitrogens is 1. The molecule has 3 N–H and O–H groups in total. The molecule has 1 amide bonds. The van der Waals surface area contributed by atoms with E-state index in [1.807, 2.05) is 30.3 Å². The summed E-state index contributed by atoms with van der Waals surface area (Å²) in [6.45, 7) is 0.187. The molecule has 0 aliphatic rings. The molecule has 0 spiro atoms. The Morgan fingerprint density at radius 3 is 2.40 bits per heavy atom. The minimum Gasteiger partial charge on any atom is -0.364 e. The van der Waals surface area contributed by atoms with Gasteiger partial charge in [-0.25, -0.2) is 17.2 Å². The molecule has 0 saturated carbocycles. The molecule has 6 nitrogen and oxygen atoms in total. The lowest BCUT2D eigenvalue weighted by Crippen LogP contribution is -2.28. The predicted octanol–water partition coefficient (Wildman–Crippen LogP) is 2.26. The van der Waals surface area contributed by atoms with Crippen LogP contribution in [0.1, 0.15) is 16.1 Å². The highest BCUT2D eigenvalue weighted by Crippen LogP contribution is 2.30. The third-order valence-corrected chi connectivity index (χ3v) is 5.71. The molecule has 0 atom stereocenters. The SMILES string of the molecule is NC(=O)c1c(S(=O)(=O)NCCc2ccccc2)c2ccccc2n1Cl. The van der Waals surface area contributed by atoms with Gasteiger partial charge in [-0.1, -0.05) is 48.5 Å². The van der Waals surface area contributed by atoms with Gasteiger partial charge in [0.2, 0.25) is 10.0 Å². The van der Waals surface area contributed by atoms with Crippen molar-refractivity contribution in [3.63, 3.8) is 0 Å². The number of hydrogen-bond donors (Lipinski definition) is 2. The van der Waals surface area contributed by atoms with Gasteiger partial charge >= 0.3 is 0 Å². The molecule has 130 valence electrons. The Kier molecular flexibility index (Phi) is 4.80. The number of nitrogens with two attached hydrogens (primary N) is 1. The zero-order valence-corrected chi connectivity index (χ0v) is 14.7. The van der Waals surface area contributed by atoms with Gasteiger partial charge in [-0.3, -0.25) is 4.79 Å². The van der Waals surface area contributed by atoms with Gasteiger partial charge in [0, 0.05) is 23.7 Å². The second-order valence-electron chi connectivity index (χ2n) is 5.47. The minimum atomic E-state index is -3.97. The third-order valence-electron chi connectivity index (χ3n) is 3.82. The van der Waals surface area contributed by atoms with E-state index in [2.05, 4.69) is 4.72 Å². The van der Waals surface area contributed by atoms with Crippen molar-refractivity contribution >= 4 is 38.6 Å². The number of primary amides is 1. The van der Waals surface area contributed by atoms with E-state index in [0.717, 1.165) is 9.65 Å². The molecule has 1 heterocycles. The van der Waals surface area contributed by atoms with Crippen LogP contribution in [0.25, 0.3) is 10.9 Å². The van der Waals surface area contributed by atoms with Crippen LogP contribution in [0, 0.1) is 0 Å². The molecule has 0 unspecified atom stereocenters. The maximum atomic E-state index is 12.8. The molecule has 0 radical (unpaired) electrons. The first-order chi connectivity index (χ1) is 11.9. The fourth-order valence-corrected chi connectivity index (χ4v) is 4.49. The van der Waals surface area contributed by atoms with Crippen molar-refractivity contribution in [3.05, 3.63) is 65.9 Å². The second-order valence-corrected chi connectivity index (χ2v) is 7.52. The van der Waals surface area contributed by atoms with Crippen molar-refractivity contribution < 1.29 is 13.2 Å². The Morgan fingerprint density at radius 2 is 1.72 bits per heavy atom. The fraction of sp³-hybridized carbons (Fsp3) is 0.118. The Labute approximate surface area is 150 Å². The quantitative estimate of drug-likeness (QED) is 0.689. The van der Waals surface area contributed by atoms with Crippen molar-refractivity contribution in [2.75, 3.05) is 6.54 Å². The van der Waals surface area contributed by atoms with Gasteiger partial charge in [-0.05, 0) is 18.1 Å². The van der Waals surface area contributed by atoms with Crippen LogP contribution in [0.4, 0.5) is 0 Å². The van der Waals surface area contributed by atoms with Crippen LogP contribution in [0.3, 0.4) is 0 Å². The molecule has 3 aromatic rings. The maximum absolute atomic E-state index is 12.8. The third kappa shape index (κ3) is 3.39. The molecular formula is C17H16ClN3O3S. The molecular weight excluding hydrogens is 362 g/mol. The van der Waals surface area contributed by atoms with Gasteiger partial charge in [0.25, 0.3) is 5.91 Å². The van der Waals surface area contributed by atoms with Crippen molar-refractivity contribution in [3.8, 4) is 0 Å². The lowest BCUT2D eigenvalue weighted by molar-refractivity contribution is 0.0992. The van der Waals surface area contributed by atoms with E-state index < -0.39 is 15.9 Å². The average molecular weight is 378 g/mol. The molecule has 0 bridgehead atoms. The number of halogens is 1. The number of rotatable bonds is 6. The minimum absolute atomic E-state index is 0.187. The van der Waals surface area contributed by atoms with Gasteiger partial charge in [-0.15, -0.1) is 0 Å². The lowest BCUT2D eigenvalue weighted by Gasteiger charge is -2.08. The highest BCUT2D eigenvalue weighted by molar-refractivity contribution is 7.89. The summed E-state index contributed by atoms with van der Waals surface area (Å²) in [6, 6.07) is 16.1. The zero-order chi connectivity index (χ0) is 18.0. The molecule has 3 rings (SSSR count). The summed E-state index contributed by atoms with van der Waals surface area (Å²) in [4.78, 5) is 11.6. The molecule has 0 saturated heterocycles. The number of hydrogen-bond acceptors (Lipinski definition) is 3. The molecule has 1 aromatic heterocycles. The lowest BCUT2D eigenvalue weighted by atomic mass is 10.2. The number of benzene rings is 2. The number of amides is 1. The second kappa shape index (κ2) is 6.87. The van der Waals surface area contributed by atoms with Crippen LogP contribution in [-0.2, 0) is 16.4 Å². The van der Waals surface area contributed by atoms with Crippen LogP contribution in [0.5, 0.6) is 0 Å². The van der Waals surface area contributed by atoms with Crippen molar-refractivity contribution in [2.24, 2.45) is 5.73 Å². The number of carbonyl (C=O) groups is 1. The van der Waals surface area contributed by atoms with E-state index in [0.29, 0.717) is 17.3 Å². The zero-order valence-electron chi connectivity index (χ0n) is 13.1. The molecule has 2 aromatic carbocycles. The summed E-state index contributed by atoms with van der Waals surface area (Å²) >= 11 is 6.12. The van der Waals surface area contributed by atoms with Crippen LogP contribution >= 0.6 is 11.8 Å². The van der Waals surface area contributed by atoms with Crippen molar-refractivity contribution in [1.82, 2.24) is 8.81 Å². The standard InChI is InChI=1S/C17H16ClN3O3S/c18-21-14-9-5-4-8-13(14)16(15(21)17(19)22)25(23,24)20-11-10-12-6-2-1-3-7-12/h1-9,20H,10-11H2,(H2,19,22). The first kappa shape index (κ1) is 17.5. The van der Waals surface area contributed by atoms with Gasteiger partial charge < -0.3 is 5.73 Å². The summed E-state index contributed by atoms with van der Waals surface area (Å²) in [5.74, 6) is -0.908. The van der Waals surface area contributed by atoms with Crippen molar-refractivity contribution in [2.45, 2.75) is 11.3 Å². The maximum Gasteiger partial charge on any atom is 0.268 e. The Balaban J connectivity index is 1.96. The highest BCUT2D eigenvalue weighted by Gasteiger charge is 2.29.